The molecule has 0 bridgehead atoms. The van der Waals surface area contributed by atoms with E-state index in [4.69, 9.17) is 5.11 Å². The number of fused-ring (bicyclic) bond motifs is 1. The van der Waals surface area contributed by atoms with Gasteiger partial charge in [0.2, 0.25) is 10.0 Å². The van der Waals surface area contributed by atoms with E-state index in [2.05, 4.69) is 4.98 Å². The minimum atomic E-state index is -3.82. The zero-order chi connectivity index (χ0) is 19.0. The summed E-state index contributed by atoms with van der Waals surface area (Å²) in [7, 11) is -3.82. The van der Waals surface area contributed by atoms with Gasteiger partial charge in [-0.05, 0) is 48.0 Å². The van der Waals surface area contributed by atoms with Crippen molar-refractivity contribution in [2.45, 2.75) is 17.5 Å². The van der Waals surface area contributed by atoms with E-state index in [-0.39, 0.29) is 10.5 Å². The third-order valence-electron chi connectivity index (χ3n) is 4.70. The molecule has 3 aromatic rings. The second-order valence-corrected chi connectivity index (χ2v) is 8.15. The molecule has 27 heavy (non-hydrogen) atoms. The van der Waals surface area contributed by atoms with Gasteiger partial charge in [-0.1, -0.05) is 6.07 Å². The molecule has 0 aliphatic carbocycles. The highest BCUT2D eigenvalue weighted by molar-refractivity contribution is 7.89. The molecule has 0 fully saturated rings. The summed E-state index contributed by atoms with van der Waals surface area (Å²) in [6.07, 6.45) is 5.25. The molecule has 7 nitrogen and oxygen atoms in total. The molecule has 0 spiro atoms. The van der Waals surface area contributed by atoms with E-state index in [0.29, 0.717) is 13.1 Å². The number of rotatable bonds is 4. The van der Waals surface area contributed by atoms with Gasteiger partial charge in [0.05, 0.1) is 16.5 Å². The monoisotopic (exact) mass is 383 g/mol. The number of nitrogens with zero attached hydrogens (tertiary/aromatic N) is 3. The number of benzene rings is 1. The molecule has 1 atom stereocenters. The number of hydrogen-bond donors (Lipinski definition) is 1. The van der Waals surface area contributed by atoms with Crippen LogP contribution in [0.25, 0.3) is 0 Å². The molecule has 0 saturated carbocycles. The quantitative estimate of drug-likeness (QED) is 0.747. The van der Waals surface area contributed by atoms with E-state index >= 15 is 0 Å². The summed E-state index contributed by atoms with van der Waals surface area (Å²) in [4.78, 5) is 15.3. The summed E-state index contributed by atoms with van der Waals surface area (Å²) in [5.74, 6) is -1.09. The number of carboxylic acids is 1. The van der Waals surface area contributed by atoms with Crippen LogP contribution >= 0.6 is 0 Å². The third kappa shape index (κ3) is 3.02. The largest absolute Gasteiger partial charge is 0.478 e. The molecule has 0 radical (unpaired) electrons. The van der Waals surface area contributed by atoms with Gasteiger partial charge in [-0.15, -0.1) is 0 Å². The van der Waals surface area contributed by atoms with E-state index < -0.39 is 22.0 Å². The van der Waals surface area contributed by atoms with Gasteiger partial charge in [0, 0.05) is 37.4 Å². The van der Waals surface area contributed by atoms with Gasteiger partial charge in [-0.25, -0.2) is 13.2 Å². The molecule has 8 heteroatoms. The molecule has 1 aliphatic heterocycles. The minimum Gasteiger partial charge on any atom is -0.478 e. The van der Waals surface area contributed by atoms with Crippen LogP contribution in [0.4, 0.5) is 0 Å². The topological polar surface area (TPSA) is 92.5 Å². The molecule has 2 aromatic heterocycles. The molecular weight excluding hydrogens is 366 g/mol. The first-order chi connectivity index (χ1) is 13.0. The zero-order valence-electron chi connectivity index (χ0n) is 14.3. The van der Waals surface area contributed by atoms with E-state index in [1.54, 1.807) is 18.5 Å². The average Bonchev–Trinajstić information content (AvgIpc) is 3.16. The fourth-order valence-electron chi connectivity index (χ4n) is 3.40. The van der Waals surface area contributed by atoms with Gasteiger partial charge in [-0.2, -0.15) is 4.31 Å². The Balaban J connectivity index is 1.80. The maximum atomic E-state index is 13.3. The second-order valence-electron chi connectivity index (χ2n) is 6.26. The number of hydrogen-bond acceptors (Lipinski definition) is 4. The highest BCUT2D eigenvalue weighted by Crippen LogP contribution is 2.36. The Morgan fingerprint density at radius 3 is 2.52 bits per heavy atom. The van der Waals surface area contributed by atoms with Crippen LogP contribution in [0.5, 0.6) is 0 Å². The highest BCUT2D eigenvalue weighted by atomic mass is 32.2. The molecule has 1 N–H and O–H groups in total. The predicted octanol–water partition coefficient (Wildman–Crippen LogP) is 2.38. The van der Waals surface area contributed by atoms with E-state index in [1.807, 2.05) is 29.0 Å². The van der Waals surface area contributed by atoms with Crippen LogP contribution in [0.3, 0.4) is 0 Å². The number of aromatic nitrogens is 2. The van der Waals surface area contributed by atoms with Gasteiger partial charge < -0.3 is 9.67 Å². The van der Waals surface area contributed by atoms with Gasteiger partial charge in [0.15, 0.2) is 0 Å². The fraction of sp³-hybridized carbons (Fsp3) is 0.158. The molecule has 1 aliphatic rings. The van der Waals surface area contributed by atoms with Crippen molar-refractivity contribution in [3.63, 3.8) is 0 Å². The predicted molar refractivity (Wildman–Crippen MR) is 97.8 cm³/mol. The molecule has 1 unspecified atom stereocenters. The lowest BCUT2D eigenvalue weighted by molar-refractivity contribution is 0.0696. The molecule has 3 heterocycles. The lowest BCUT2D eigenvalue weighted by Crippen LogP contribution is -2.42. The lowest BCUT2D eigenvalue weighted by Gasteiger charge is -2.36. The molecule has 4 rings (SSSR count). The summed E-state index contributed by atoms with van der Waals surface area (Å²) in [5, 5.41) is 9.03. The van der Waals surface area contributed by atoms with E-state index in [1.165, 1.54) is 28.6 Å². The van der Waals surface area contributed by atoms with Crippen molar-refractivity contribution in [2.24, 2.45) is 0 Å². The summed E-state index contributed by atoms with van der Waals surface area (Å²) in [6, 6.07) is 12.2. The number of pyridine rings is 1. The minimum absolute atomic E-state index is 0.0466. The smallest absolute Gasteiger partial charge is 0.335 e. The zero-order valence-corrected chi connectivity index (χ0v) is 15.1. The SMILES string of the molecule is O=C(O)c1ccc(S(=O)(=O)N2CCn3cccc3C2c2cccnc2)cc1. The molecule has 138 valence electrons. The highest BCUT2D eigenvalue weighted by Gasteiger charge is 2.37. The molecular formula is C19H17N3O4S. The first-order valence-electron chi connectivity index (χ1n) is 8.38. The van der Waals surface area contributed by atoms with Gasteiger partial charge in [0.25, 0.3) is 0 Å². The van der Waals surface area contributed by atoms with Crippen molar-refractivity contribution in [3.8, 4) is 0 Å². The standard InChI is InChI=1S/C19H17N3O4S/c23-19(24)14-5-7-16(8-6-14)27(25,26)22-12-11-21-10-2-4-17(21)18(22)15-3-1-9-20-13-15/h1-10,13,18H,11-12H2,(H,23,24). The first-order valence-corrected chi connectivity index (χ1v) is 9.82. The Kier molecular flexibility index (Phi) is 4.29. The number of carbonyl (C=O) groups is 1. The summed E-state index contributed by atoms with van der Waals surface area (Å²) < 4.78 is 30.2. The average molecular weight is 383 g/mol. The lowest BCUT2D eigenvalue weighted by atomic mass is 10.0. The van der Waals surface area contributed by atoms with Crippen molar-refractivity contribution in [1.29, 1.82) is 0 Å². The van der Waals surface area contributed by atoms with Gasteiger partial charge in [-0.3, -0.25) is 4.98 Å². The summed E-state index contributed by atoms with van der Waals surface area (Å²) >= 11 is 0. The Morgan fingerprint density at radius 1 is 1.07 bits per heavy atom. The Hall–Kier alpha value is -2.97. The Labute approximate surface area is 156 Å². The van der Waals surface area contributed by atoms with Crippen molar-refractivity contribution in [3.05, 3.63) is 83.9 Å². The van der Waals surface area contributed by atoms with Crippen molar-refractivity contribution >= 4 is 16.0 Å². The molecule has 0 amide bonds. The van der Waals surface area contributed by atoms with Crippen LogP contribution in [0.2, 0.25) is 0 Å². The van der Waals surface area contributed by atoms with Gasteiger partial charge in [0.1, 0.15) is 0 Å². The maximum Gasteiger partial charge on any atom is 0.335 e. The normalized spacial score (nSPS) is 17.4. The van der Waals surface area contributed by atoms with Crippen LogP contribution < -0.4 is 0 Å². The second kappa shape index (κ2) is 6.64. The van der Waals surface area contributed by atoms with Crippen molar-refractivity contribution in [2.75, 3.05) is 6.54 Å². The molecule has 0 saturated heterocycles. The van der Waals surface area contributed by atoms with E-state index in [0.717, 1.165) is 11.3 Å². The summed E-state index contributed by atoms with van der Waals surface area (Å²) in [6.45, 7) is 0.857. The Bertz CT molecular complexity index is 1080. The van der Waals surface area contributed by atoms with Crippen LogP contribution in [0, 0.1) is 0 Å². The number of sulfonamides is 1. The number of carboxylic acid groups (broad SMARTS) is 1. The Morgan fingerprint density at radius 2 is 1.85 bits per heavy atom. The fourth-order valence-corrected chi connectivity index (χ4v) is 4.98. The first kappa shape index (κ1) is 17.4. The van der Waals surface area contributed by atoms with E-state index in [9.17, 15) is 13.2 Å². The van der Waals surface area contributed by atoms with Gasteiger partial charge >= 0.3 is 5.97 Å². The number of aromatic carboxylic acids is 1. The van der Waals surface area contributed by atoms with Crippen molar-refractivity contribution < 1.29 is 18.3 Å². The van der Waals surface area contributed by atoms with Crippen LogP contribution in [0.1, 0.15) is 27.7 Å². The van der Waals surface area contributed by atoms with Crippen LogP contribution in [-0.4, -0.2) is 39.9 Å². The summed E-state index contributed by atoms with van der Waals surface area (Å²) in [5.41, 5.74) is 1.70. The van der Waals surface area contributed by atoms with Crippen LogP contribution in [-0.2, 0) is 16.6 Å². The van der Waals surface area contributed by atoms with Crippen LogP contribution in [0.15, 0.2) is 72.0 Å². The molecule has 1 aromatic carbocycles. The maximum absolute atomic E-state index is 13.3. The van der Waals surface area contributed by atoms with Crippen molar-refractivity contribution in [1.82, 2.24) is 13.9 Å². The third-order valence-corrected chi connectivity index (χ3v) is 6.58.